The van der Waals surface area contributed by atoms with Gasteiger partial charge in [-0.05, 0) is 36.6 Å². The number of rotatable bonds is 4. The molecule has 0 fully saturated rings. The molecule has 0 heterocycles. The number of hydrogen-bond acceptors (Lipinski definition) is 2. The van der Waals surface area contributed by atoms with E-state index < -0.39 is 18.6 Å². The molecule has 0 aliphatic carbocycles. The van der Waals surface area contributed by atoms with Crippen molar-refractivity contribution in [2.24, 2.45) is 5.92 Å². The van der Waals surface area contributed by atoms with Crippen molar-refractivity contribution < 1.29 is 18.0 Å². The summed E-state index contributed by atoms with van der Waals surface area (Å²) >= 11 is 0. The standard InChI is InChI=1S/C14H19F3N2O/c1-9(2)7-19(8-14(15,16)17)13(20)12-5-4-11(18)6-10(12)3/h4-6,9H,7-8,18H2,1-3H3. The third-order valence-electron chi connectivity index (χ3n) is 2.72. The summed E-state index contributed by atoms with van der Waals surface area (Å²) < 4.78 is 37.7. The second kappa shape index (κ2) is 6.15. The highest BCUT2D eigenvalue weighted by molar-refractivity contribution is 5.96. The van der Waals surface area contributed by atoms with Gasteiger partial charge in [-0.25, -0.2) is 0 Å². The van der Waals surface area contributed by atoms with Gasteiger partial charge in [0.15, 0.2) is 0 Å². The van der Waals surface area contributed by atoms with Gasteiger partial charge in [0.1, 0.15) is 6.54 Å². The number of carbonyl (C=O) groups is 1. The molecule has 0 saturated carbocycles. The summed E-state index contributed by atoms with van der Waals surface area (Å²) in [5, 5.41) is 0. The van der Waals surface area contributed by atoms with Crippen molar-refractivity contribution in [3.05, 3.63) is 29.3 Å². The maximum absolute atomic E-state index is 12.6. The molecule has 0 bridgehead atoms. The molecular formula is C14H19F3N2O. The molecule has 1 amide bonds. The minimum absolute atomic E-state index is 0.0459. The first-order chi connectivity index (χ1) is 9.10. The van der Waals surface area contributed by atoms with Gasteiger partial charge < -0.3 is 10.6 Å². The Hall–Kier alpha value is -1.72. The van der Waals surface area contributed by atoms with Crippen molar-refractivity contribution in [3.63, 3.8) is 0 Å². The largest absolute Gasteiger partial charge is 0.406 e. The number of alkyl halides is 3. The molecule has 0 aliphatic rings. The molecule has 0 saturated heterocycles. The third-order valence-corrected chi connectivity index (χ3v) is 2.72. The molecule has 1 aromatic rings. The van der Waals surface area contributed by atoms with Crippen molar-refractivity contribution in [1.82, 2.24) is 4.90 Å². The van der Waals surface area contributed by atoms with E-state index in [0.717, 1.165) is 4.90 Å². The van der Waals surface area contributed by atoms with Crippen LogP contribution in [0.15, 0.2) is 18.2 Å². The van der Waals surface area contributed by atoms with Crippen LogP contribution in [0.1, 0.15) is 29.8 Å². The monoisotopic (exact) mass is 288 g/mol. The lowest BCUT2D eigenvalue weighted by Crippen LogP contribution is -2.41. The lowest BCUT2D eigenvalue weighted by molar-refractivity contribution is -0.141. The fourth-order valence-electron chi connectivity index (χ4n) is 1.97. The molecule has 3 nitrogen and oxygen atoms in total. The summed E-state index contributed by atoms with van der Waals surface area (Å²) in [5.74, 6) is -0.663. The van der Waals surface area contributed by atoms with E-state index in [1.54, 1.807) is 26.8 Å². The second-order valence-electron chi connectivity index (χ2n) is 5.27. The van der Waals surface area contributed by atoms with Crippen LogP contribution in [-0.4, -0.2) is 30.1 Å². The number of aryl methyl sites for hydroxylation is 1. The third kappa shape index (κ3) is 4.75. The number of benzene rings is 1. The summed E-state index contributed by atoms with van der Waals surface area (Å²) in [6.07, 6.45) is -4.41. The molecule has 1 aromatic carbocycles. The molecule has 0 aliphatic heterocycles. The van der Waals surface area contributed by atoms with Gasteiger partial charge in [-0.2, -0.15) is 13.2 Å². The maximum atomic E-state index is 12.6. The van der Waals surface area contributed by atoms with Crippen molar-refractivity contribution in [1.29, 1.82) is 0 Å². The fraction of sp³-hybridized carbons (Fsp3) is 0.500. The van der Waals surface area contributed by atoms with E-state index in [-0.39, 0.29) is 18.0 Å². The quantitative estimate of drug-likeness (QED) is 0.865. The van der Waals surface area contributed by atoms with Gasteiger partial charge in [-0.1, -0.05) is 13.8 Å². The van der Waals surface area contributed by atoms with Crippen molar-refractivity contribution >= 4 is 11.6 Å². The molecule has 112 valence electrons. The highest BCUT2D eigenvalue weighted by Crippen LogP contribution is 2.21. The van der Waals surface area contributed by atoms with E-state index >= 15 is 0 Å². The van der Waals surface area contributed by atoms with Crippen LogP contribution >= 0.6 is 0 Å². The van der Waals surface area contributed by atoms with E-state index in [0.29, 0.717) is 11.3 Å². The maximum Gasteiger partial charge on any atom is 0.406 e. The van der Waals surface area contributed by atoms with E-state index in [1.807, 2.05) is 0 Å². The molecule has 1 rings (SSSR count). The Balaban J connectivity index is 3.03. The minimum Gasteiger partial charge on any atom is -0.399 e. The number of nitrogens with two attached hydrogens (primary N) is 1. The number of amides is 1. The number of anilines is 1. The second-order valence-corrected chi connectivity index (χ2v) is 5.27. The normalized spacial score (nSPS) is 11.8. The molecule has 0 unspecified atom stereocenters. The van der Waals surface area contributed by atoms with E-state index in [2.05, 4.69) is 0 Å². The van der Waals surface area contributed by atoms with Crippen molar-refractivity contribution in [2.45, 2.75) is 26.9 Å². The van der Waals surface area contributed by atoms with Crippen molar-refractivity contribution in [3.8, 4) is 0 Å². The number of nitrogens with zero attached hydrogens (tertiary/aromatic N) is 1. The van der Waals surface area contributed by atoms with Crippen LogP contribution in [0.3, 0.4) is 0 Å². The number of halogens is 3. The van der Waals surface area contributed by atoms with Crippen LogP contribution in [0, 0.1) is 12.8 Å². The lowest BCUT2D eigenvalue weighted by atomic mass is 10.1. The first-order valence-electron chi connectivity index (χ1n) is 6.32. The van der Waals surface area contributed by atoms with Gasteiger partial charge in [0.25, 0.3) is 5.91 Å². The predicted molar refractivity (Wildman–Crippen MR) is 72.4 cm³/mol. The molecule has 0 spiro atoms. The van der Waals surface area contributed by atoms with Gasteiger partial charge in [-0.3, -0.25) is 4.79 Å². The summed E-state index contributed by atoms with van der Waals surface area (Å²) in [4.78, 5) is 13.1. The molecule has 20 heavy (non-hydrogen) atoms. The smallest absolute Gasteiger partial charge is 0.399 e. The Morgan fingerprint density at radius 3 is 2.40 bits per heavy atom. The molecule has 0 atom stereocenters. The van der Waals surface area contributed by atoms with Crippen LogP contribution < -0.4 is 5.73 Å². The van der Waals surface area contributed by atoms with Crippen LogP contribution in [0.4, 0.5) is 18.9 Å². The van der Waals surface area contributed by atoms with Gasteiger partial charge in [0.05, 0.1) is 0 Å². The van der Waals surface area contributed by atoms with Crippen LogP contribution in [0.25, 0.3) is 0 Å². The Labute approximate surface area is 116 Å². The fourth-order valence-corrected chi connectivity index (χ4v) is 1.97. The van der Waals surface area contributed by atoms with E-state index in [4.69, 9.17) is 5.73 Å². The van der Waals surface area contributed by atoms with Crippen LogP contribution in [-0.2, 0) is 0 Å². The first kappa shape index (κ1) is 16.3. The number of hydrogen-bond donors (Lipinski definition) is 1. The topological polar surface area (TPSA) is 46.3 Å². The Bertz CT molecular complexity index is 484. The average Bonchev–Trinajstić information content (AvgIpc) is 2.24. The van der Waals surface area contributed by atoms with Crippen LogP contribution in [0.2, 0.25) is 0 Å². The summed E-state index contributed by atoms with van der Waals surface area (Å²) in [7, 11) is 0. The Morgan fingerprint density at radius 1 is 1.35 bits per heavy atom. The zero-order valence-corrected chi connectivity index (χ0v) is 11.8. The van der Waals surface area contributed by atoms with Gasteiger partial charge >= 0.3 is 6.18 Å². The molecular weight excluding hydrogens is 269 g/mol. The SMILES string of the molecule is Cc1cc(N)ccc1C(=O)N(CC(C)C)CC(F)(F)F. The molecule has 0 aromatic heterocycles. The Kier molecular flexibility index (Phi) is 5.03. The molecule has 0 radical (unpaired) electrons. The minimum atomic E-state index is -4.41. The lowest BCUT2D eigenvalue weighted by Gasteiger charge is -2.26. The van der Waals surface area contributed by atoms with Crippen LogP contribution in [0.5, 0.6) is 0 Å². The van der Waals surface area contributed by atoms with Gasteiger partial charge in [0, 0.05) is 17.8 Å². The molecule has 6 heteroatoms. The number of nitrogen functional groups attached to an aromatic ring is 1. The predicted octanol–water partition coefficient (Wildman–Crippen LogP) is 3.24. The van der Waals surface area contributed by atoms with Gasteiger partial charge in [-0.15, -0.1) is 0 Å². The zero-order valence-electron chi connectivity index (χ0n) is 11.8. The first-order valence-corrected chi connectivity index (χ1v) is 6.32. The molecule has 2 N–H and O–H groups in total. The van der Waals surface area contributed by atoms with E-state index in [1.165, 1.54) is 12.1 Å². The van der Waals surface area contributed by atoms with Gasteiger partial charge in [0.2, 0.25) is 0 Å². The highest BCUT2D eigenvalue weighted by Gasteiger charge is 2.33. The highest BCUT2D eigenvalue weighted by atomic mass is 19.4. The Morgan fingerprint density at radius 2 is 1.95 bits per heavy atom. The summed E-state index contributed by atoms with van der Waals surface area (Å²) in [5.41, 5.74) is 6.89. The number of carbonyl (C=O) groups excluding carboxylic acids is 1. The van der Waals surface area contributed by atoms with Crippen molar-refractivity contribution in [2.75, 3.05) is 18.8 Å². The zero-order chi connectivity index (χ0) is 15.5. The average molecular weight is 288 g/mol. The summed E-state index contributed by atoms with van der Waals surface area (Å²) in [6, 6.07) is 4.56. The van der Waals surface area contributed by atoms with E-state index in [9.17, 15) is 18.0 Å². The summed E-state index contributed by atoms with van der Waals surface area (Å²) in [6.45, 7) is 4.01.